The van der Waals surface area contributed by atoms with Crippen molar-refractivity contribution in [1.29, 1.82) is 0 Å². The van der Waals surface area contributed by atoms with Gasteiger partial charge in [0.05, 0.1) is 0 Å². The molecule has 0 aromatic carbocycles. The van der Waals surface area contributed by atoms with Gasteiger partial charge in [-0.15, -0.1) is 0 Å². The predicted molar refractivity (Wildman–Crippen MR) is 61.8 cm³/mol. The Morgan fingerprint density at radius 3 is 2.93 bits per heavy atom. The summed E-state index contributed by atoms with van der Waals surface area (Å²) < 4.78 is 0. The van der Waals surface area contributed by atoms with Crippen molar-refractivity contribution in [3.63, 3.8) is 0 Å². The fraction of sp³-hybridized carbons (Fsp3) is 0.909. The zero-order valence-electron chi connectivity index (χ0n) is 9.88. The fourth-order valence-corrected chi connectivity index (χ4v) is 1.99. The summed E-state index contributed by atoms with van der Waals surface area (Å²) in [4.78, 5) is 13.0. The molecule has 15 heavy (non-hydrogen) atoms. The number of nitrogens with zero attached hydrogens (tertiary/aromatic N) is 1. The summed E-state index contributed by atoms with van der Waals surface area (Å²) in [6.45, 7) is 5.72. The average Bonchev–Trinajstić information content (AvgIpc) is 2.17. The molecular weight excluding hydrogens is 190 g/mol. The highest BCUT2D eigenvalue weighted by molar-refractivity contribution is 5.72. The second-order valence-electron chi connectivity index (χ2n) is 4.39. The summed E-state index contributed by atoms with van der Waals surface area (Å²) >= 11 is 0. The largest absolute Gasteiger partial charge is 0.356 e. The van der Waals surface area contributed by atoms with E-state index in [1.165, 1.54) is 19.4 Å². The number of piperidine rings is 1. The normalized spacial score (nSPS) is 22.7. The second kappa shape index (κ2) is 6.80. The van der Waals surface area contributed by atoms with Crippen LogP contribution in [-0.2, 0) is 4.79 Å². The van der Waals surface area contributed by atoms with Gasteiger partial charge in [-0.25, -0.2) is 0 Å². The Morgan fingerprint density at radius 1 is 1.47 bits per heavy atom. The van der Waals surface area contributed by atoms with Crippen LogP contribution >= 0.6 is 0 Å². The van der Waals surface area contributed by atoms with Crippen molar-refractivity contribution in [1.82, 2.24) is 15.5 Å². The summed E-state index contributed by atoms with van der Waals surface area (Å²) in [5.74, 6) is 0.0624. The van der Waals surface area contributed by atoms with Crippen molar-refractivity contribution in [3.8, 4) is 0 Å². The smallest absolute Gasteiger partial charge is 0.216 e. The number of hydrogen-bond donors (Lipinski definition) is 2. The second-order valence-corrected chi connectivity index (χ2v) is 4.39. The number of rotatable bonds is 5. The quantitative estimate of drug-likeness (QED) is 0.641. The van der Waals surface area contributed by atoms with Gasteiger partial charge in [-0.1, -0.05) is 0 Å². The van der Waals surface area contributed by atoms with Crippen LogP contribution in [0.3, 0.4) is 0 Å². The molecule has 0 saturated carbocycles. The Bertz CT molecular complexity index is 196. The van der Waals surface area contributed by atoms with E-state index in [2.05, 4.69) is 22.6 Å². The first-order chi connectivity index (χ1) is 7.18. The molecule has 1 rings (SSSR count). The van der Waals surface area contributed by atoms with Gasteiger partial charge >= 0.3 is 0 Å². The molecule has 1 fully saturated rings. The van der Waals surface area contributed by atoms with E-state index in [0.717, 1.165) is 26.1 Å². The van der Waals surface area contributed by atoms with Crippen molar-refractivity contribution < 1.29 is 4.79 Å². The van der Waals surface area contributed by atoms with E-state index >= 15 is 0 Å². The highest BCUT2D eigenvalue weighted by Gasteiger charge is 2.15. The average molecular weight is 213 g/mol. The van der Waals surface area contributed by atoms with Crippen LogP contribution in [0.25, 0.3) is 0 Å². The molecule has 2 N–H and O–H groups in total. The van der Waals surface area contributed by atoms with Gasteiger partial charge < -0.3 is 15.5 Å². The van der Waals surface area contributed by atoms with Crippen molar-refractivity contribution in [2.75, 3.05) is 33.2 Å². The summed E-state index contributed by atoms with van der Waals surface area (Å²) in [5.41, 5.74) is 0. The zero-order chi connectivity index (χ0) is 11.1. The molecule has 88 valence electrons. The zero-order valence-corrected chi connectivity index (χ0v) is 9.88. The predicted octanol–water partition coefficient (Wildman–Crippen LogP) is 0.196. The maximum absolute atomic E-state index is 10.6. The first kappa shape index (κ1) is 12.5. The summed E-state index contributed by atoms with van der Waals surface area (Å²) in [6, 6.07) is 0.640. The van der Waals surface area contributed by atoms with E-state index in [1.54, 1.807) is 6.92 Å². The van der Waals surface area contributed by atoms with Crippen LogP contribution in [0.1, 0.15) is 26.2 Å². The molecule has 4 nitrogen and oxygen atoms in total. The topological polar surface area (TPSA) is 44.4 Å². The highest BCUT2D eigenvalue weighted by Crippen LogP contribution is 2.07. The molecule has 1 saturated heterocycles. The van der Waals surface area contributed by atoms with E-state index in [0.29, 0.717) is 6.04 Å². The van der Waals surface area contributed by atoms with Crippen LogP contribution in [0.5, 0.6) is 0 Å². The van der Waals surface area contributed by atoms with Crippen LogP contribution in [0.2, 0.25) is 0 Å². The minimum absolute atomic E-state index is 0.0624. The van der Waals surface area contributed by atoms with Gasteiger partial charge in [-0.05, 0) is 39.4 Å². The molecule has 1 amide bonds. The molecule has 1 atom stereocenters. The molecule has 0 aliphatic carbocycles. The van der Waals surface area contributed by atoms with Crippen molar-refractivity contribution in [2.45, 2.75) is 32.2 Å². The molecule has 0 aromatic heterocycles. The molecule has 1 heterocycles. The summed E-state index contributed by atoms with van der Waals surface area (Å²) in [6.07, 6.45) is 3.59. The monoisotopic (exact) mass is 213 g/mol. The van der Waals surface area contributed by atoms with E-state index < -0.39 is 0 Å². The lowest BCUT2D eigenvalue weighted by Gasteiger charge is -2.30. The Morgan fingerprint density at radius 2 is 2.27 bits per heavy atom. The summed E-state index contributed by atoms with van der Waals surface area (Å²) in [7, 11) is 2.17. The van der Waals surface area contributed by atoms with Crippen molar-refractivity contribution >= 4 is 5.91 Å². The minimum Gasteiger partial charge on any atom is -0.356 e. The van der Waals surface area contributed by atoms with Crippen LogP contribution in [0.15, 0.2) is 0 Å². The van der Waals surface area contributed by atoms with Gasteiger partial charge in [0.2, 0.25) is 5.91 Å². The van der Waals surface area contributed by atoms with Gasteiger partial charge in [0.15, 0.2) is 0 Å². The lowest BCUT2D eigenvalue weighted by atomic mass is 10.1. The SMILES string of the molecule is CC(=O)NCCCNC1CCCN(C)C1. The molecule has 0 radical (unpaired) electrons. The van der Waals surface area contributed by atoms with Crippen molar-refractivity contribution in [3.05, 3.63) is 0 Å². The van der Waals surface area contributed by atoms with Gasteiger partial charge in [0, 0.05) is 26.1 Å². The number of carbonyl (C=O) groups excluding carboxylic acids is 1. The molecule has 4 heteroatoms. The Balaban J connectivity index is 1.97. The number of likely N-dealkylation sites (N-methyl/N-ethyl adjacent to an activating group) is 1. The van der Waals surface area contributed by atoms with Crippen LogP contribution in [0, 0.1) is 0 Å². The minimum atomic E-state index is 0.0624. The number of hydrogen-bond acceptors (Lipinski definition) is 3. The van der Waals surface area contributed by atoms with Crippen LogP contribution < -0.4 is 10.6 Å². The molecule has 1 aliphatic heterocycles. The van der Waals surface area contributed by atoms with E-state index in [9.17, 15) is 4.79 Å². The Hall–Kier alpha value is -0.610. The highest BCUT2D eigenvalue weighted by atomic mass is 16.1. The third kappa shape index (κ3) is 5.74. The van der Waals surface area contributed by atoms with E-state index in [4.69, 9.17) is 0 Å². The number of carbonyl (C=O) groups is 1. The molecular formula is C11H23N3O. The fourth-order valence-electron chi connectivity index (χ4n) is 1.99. The standard InChI is InChI=1S/C11H23N3O/c1-10(15)12-6-4-7-13-11-5-3-8-14(2)9-11/h11,13H,3-9H2,1-2H3,(H,12,15). The van der Waals surface area contributed by atoms with Crippen LogP contribution in [0.4, 0.5) is 0 Å². The molecule has 0 aromatic rings. The molecule has 1 unspecified atom stereocenters. The number of nitrogens with one attached hydrogen (secondary N) is 2. The third-order valence-corrected chi connectivity index (χ3v) is 2.78. The van der Waals surface area contributed by atoms with Gasteiger partial charge in [-0.2, -0.15) is 0 Å². The van der Waals surface area contributed by atoms with E-state index in [-0.39, 0.29) is 5.91 Å². The van der Waals surface area contributed by atoms with Gasteiger partial charge in [0.1, 0.15) is 0 Å². The lowest BCUT2D eigenvalue weighted by Crippen LogP contribution is -2.44. The Labute approximate surface area is 92.4 Å². The third-order valence-electron chi connectivity index (χ3n) is 2.78. The summed E-state index contributed by atoms with van der Waals surface area (Å²) in [5, 5.41) is 6.34. The maximum Gasteiger partial charge on any atom is 0.216 e. The Kier molecular flexibility index (Phi) is 5.65. The molecule has 1 aliphatic rings. The lowest BCUT2D eigenvalue weighted by molar-refractivity contribution is -0.118. The van der Waals surface area contributed by atoms with Crippen molar-refractivity contribution in [2.24, 2.45) is 0 Å². The number of likely N-dealkylation sites (tertiary alicyclic amines) is 1. The molecule has 0 bridgehead atoms. The van der Waals surface area contributed by atoms with E-state index in [1.807, 2.05) is 0 Å². The van der Waals surface area contributed by atoms with Gasteiger partial charge in [0.25, 0.3) is 0 Å². The molecule has 0 spiro atoms. The first-order valence-electron chi connectivity index (χ1n) is 5.85. The first-order valence-corrected chi connectivity index (χ1v) is 5.85. The maximum atomic E-state index is 10.6. The number of amides is 1. The van der Waals surface area contributed by atoms with Crippen LogP contribution in [-0.4, -0.2) is 50.1 Å². The van der Waals surface area contributed by atoms with Gasteiger partial charge in [-0.3, -0.25) is 4.79 Å².